The summed E-state index contributed by atoms with van der Waals surface area (Å²) in [5, 5.41) is 3.86. The van der Waals surface area contributed by atoms with Crippen LogP contribution in [0, 0.1) is 0 Å². The van der Waals surface area contributed by atoms with Crippen molar-refractivity contribution in [3.8, 4) is 0 Å². The van der Waals surface area contributed by atoms with Crippen LogP contribution >= 0.6 is 11.6 Å². The quantitative estimate of drug-likeness (QED) is 0.674. The summed E-state index contributed by atoms with van der Waals surface area (Å²) in [6.07, 6.45) is 3.34. The minimum Gasteiger partial charge on any atom is -0.350 e. The number of rotatable bonds is 6. The average Bonchev–Trinajstić information content (AvgIpc) is 3.42. The Kier molecular flexibility index (Phi) is 6.50. The molecule has 0 spiro atoms. The van der Waals surface area contributed by atoms with Gasteiger partial charge in [-0.25, -0.2) is 10.9 Å². The van der Waals surface area contributed by atoms with Gasteiger partial charge in [0.1, 0.15) is 0 Å². The molecular weight excluding hydrogens is 384 g/mol. The number of hydrogen-bond acceptors (Lipinski definition) is 4. The fourth-order valence-corrected chi connectivity index (χ4v) is 4.54. The Morgan fingerprint density at radius 2 is 1.69 bits per heavy atom. The number of carbonyl (C=O) groups excluding carboxylic acids is 1. The third-order valence-electron chi connectivity index (χ3n) is 6.15. The predicted molar refractivity (Wildman–Crippen MR) is 117 cm³/mol. The van der Waals surface area contributed by atoms with Gasteiger partial charge in [0.05, 0.1) is 0 Å². The van der Waals surface area contributed by atoms with E-state index in [0.29, 0.717) is 6.04 Å². The lowest BCUT2D eigenvalue weighted by Gasteiger charge is -2.22. The fraction of sp³-hybridized carbons (Fsp3) is 0.435. The van der Waals surface area contributed by atoms with Gasteiger partial charge in [-0.1, -0.05) is 42.8 Å². The molecule has 6 heteroatoms. The Labute approximate surface area is 177 Å². The minimum absolute atomic E-state index is 0.0102. The molecule has 2 aromatic carbocycles. The first-order chi connectivity index (χ1) is 14.1. The van der Waals surface area contributed by atoms with Crippen LogP contribution < -0.4 is 16.2 Å². The third kappa shape index (κ3) is 4.81. The lowest BCUT2D eigenvalue weighted by Crippen LogP contribution is -2.40. The number of carbonyl (C=O) groups is 1. The molecule has 0 aromatic heterocycles. The molecule has 3 atom stereocenters. The predicted octanol–water partition coefficient (Wildman–Crippen LogP) is 3.83. The Hall–Kier alpha value is -1.92. The van der Waals surface area contributed by atoms with Gasteiger partial charge in [0.15, 0.2) is 0 Å². The van der Waals surface area contributed by atoms with Gasteiger partial charge in [-0.3, -0.25) is 9.69 Å². The number of halogens is 1. The van der Waals surface area contributed by atoms with Crippen LogP contribution in [-0.2, 0) is 0 Å². The summed E-state index contributed by atoms with van der Waals surface area (Å²) in [5.74, 6) is 0.0102. The summed E-state index contributed by atoms with van der Waals surface area (Å²) < 4.78 is 0. The number of hydrogen-bond donors (Lipinski definition) is 3. The molecule has 0 radical (unpaired) electrons. The standard InChI is InChI=1S/C23H29ClN4O/c1-2-28-13-3-4-20(28)15-25-23(29)18-7-5-16(6-8-18)21-14-22(27-26-21)17-9-11-19(24)12-10-17/h5-12,20-22,26-27H,2-4,13-15H2,1H3,(H,25,29). The maximum atomic E-state index is 12.5. The number of amides is 1. The highest BCUT2D eigenvalue weighted by Crippen LogP contribution is 2.31. The van der Waals surface area contributed by atoms with Gasteiger partial charge in [0.25, 0.3) is 5.91 Å². The van der Waals surface area contributed by atoms with Crippen LogP contribution in [0.2, 0.25) is 5.02 Å². The number of benzene rings is 2. The monoisotopic (exact) mass is 412 g/mol. The molecule has 0 aliphatic carbocycles. The van der Waals surface area contributed by atoms with Gasteiger partial charge in [0.2, 0.25) is 0 Å². The first-order valence-electron chi connectivity index (χ1n) is 10.5. The Morgan fingerprint density at radius 1 is 1.07 bits per heavy atom. The molecule has 0 bridgehead atoms. The van der Waals surface area contributed by atoms with Crippen molar-refractivity contribution in [2.75, 3.05) is 19.6 Å². The minimum atomic E-state index is 0.0102. The molecule has 4 rings (SSSR count). The van der Waals surface area contributed by atoms with Crippen LogP contribution in [-0.4, -0.2) is 36.5 Å². The van der Waals surface area contributed by atoms with Gasteiger partial charge in [0, 0.05) is 35.3 Å². The van der Waals surface area contributed by atoms with Crippen LogP contribution in [0.3, 0.4) is 0 Å². The highest BCUT2D eigenvalue weighted by molar-refractivity contribution is 6.30. The first-order valence-corrected chi connectivity index (χ1v) is 10.9. The molecule has 0 saturated carbocycles. The lowest BCUT2D eigenvalue weighted by molar-refractivity contribution is 0.0941. The summed E-state index contributed by atoms with van der Waals surface area (Å²) in [7, 11) is 0. The molecule has 2 aliphatic rings. The van der Waals surface area contributed by atoms with Gasteiger partial charge < -0.3 is 5.32 Å². The van der Waals surface area contributed by atoms with E-state index in [1.54, 1.807) is 0 Å². The zero-order valence-corrected chi connectivity index (χ0v) is 17.6. The van der Waals surface area contributed by atoms with E-state index in [4.69, 9.17) is 11.6 Å². The van der Waals surface area contributed by atoms with Crippen molar-refractivity contribution in [3.63, 3.8) is 0 Å². The summed E-state index contributed by atoms with van der Waals surface area (Å²) in [6, 6.07) is 16.8. The number of nitrogens with zero attached hydrogens (tertiary/aromatic N) is 1. The molecule has 5 nitrogen and oxygen atoms in total. The fourth-order valence-electron chi connectivity index (χ4n) is 4.41. The van der Waals surface area contributed by atoms with Crippen LogP contribution in [0.1, 0.15) is 59.8 Å². The average molecular weight is 413 g/mol. The summed E-state index contributed by atoms with van der Waals surface area (Å²) in [5.41, 5.74) is 9.84. The molecule has 29 heavy (non-hydrogen) atoms. The third-order valence-corrected chi connectivity index (χ3v) is 6.41. The van der Waals surface area contributed by atoms with E-state index in [1.165, 1.54) is 24.0 Å². The molecule has 1 amide bonds. The Balaban J connectivity index is 1.32. The second kappa shape index (κ2) is 9.26. The van der Waals surface area contributed by atoms with Crippen molar-refractivity contribution >= 4 is 17.5 Å². The van der Waals surface area contributed by atoms with Crippen molar-refractivity contribution in [2.45, 2.75) is 44.3 Å². The van der Waals surface area contributed by atoms with E-state index in [9.17, 15) is 4.79 Å². The largest absolute Gasteiger partial charge is 0.350 e. The zero-order valence-electron chi connectivity index (χ0n) is 16.8. The summed E-state index contributed by atoms with van der Waals surface area (Å²) >= 11 is 5.99. The van der Waals surface area contributed by atoms with Crippen molar-refractivity contribution in [1.82, 2.24) is 21.1 Å². The zero-order chi connectivity index (χ0) is 20.2. The van der Waals surface area contributed by atoms with Gasteiger partial charge in [-0.05, 0) is 67.7 Å². The summed E-state index contributed by atoms with van der Waals surface area (Å²) in [4.78, 5) is 15.0. The van der Waals surface area contributed by atoms with E-state index in [0.717, 1.165) is 36.6 Å². The van der Waals surface area contributed by atoms with Crippen LogP contribution in [0.25, 0.3) is 0 Å². The molecule has 3 N–H and O–H groups in total. The molecule has 2 heterocycles. The molecule has 2 fully saturated rings. The van der Waals surface area contributed by atoms with Crippen molar-refractivity contribution in [3.05, 3.63) is 70.2 Å². The number of nitrogens with one attached hydrogen (secondary N) is 3. The van der Waals surface area contributed by atoms with Gasteiger partial charge >= 0.3 is 0 Å². The number of hydrazine groups is 1. The van der Waals surface area contributed by atoms with Crippen molar-refractivity contribution in [2.24, 2.45) is 0 Å². The molecule has 2 aliphatic heterocycles. The van der Waals surface area contributed by atoms with Crippen LogP contribution in [0.5, 0.6) is 0 Å². The Morgan fingerprint density at radius 3 is 2.31 bits per heavy atom. The van der Waals surface area contributed by atoms with E-state index in [2.05, 4.69) is 40.1 Å². The molecular formula is C23H29ClN4O. The van der Waals surface area contributed by atoms with E-state index in [1.807, 2.05) is 36.4 Å². The molecule has 2 saturated heterocycles. The maximum absolute atomic E-state index is 12.5. The second-order valence-corrected chi connectivity index (χ2v) is 8.37. The van der Waals surface area contributed by atoms with Crippen LogP contribution in [0.15, 0.2) is 48.5 Å². The van der Waals surface area contributed by atoms with Crippen molar-refractivity contribution < 1.29 is 4.79 Å². The SMILES string of the molecule is CCN1CCCC1CNC(=O)c1ccc(C2CC(c3ccc(Cl)cc3)NN2)cc1. The molecule has 2 aromatic rings. The molecule has 154 valence electrons. The number of likely N-dealkylation sites (tertiary alicyclic amines) is 1. The van der Waals surface area contributed by atoms with Gasteiger partial charge in [-0.15, -0.1) is 0 Å². The smallest absolute Gasteiger partial charge is 0.251 e. The maximum Gasteiger partial charge on any atom is 0.251 e. The Bertz CT molecular complexity index is 824. The van der Waals surface area contributed by atoms with E-state index < -0.39 is 0 Å². The van der Waals surface area contributed by atoms with E-state index in [-0.39, 0.29) is 18.0 Å². The summed E-state index contributed by atoms with van der Waals surface area (Å²) in [6.45, 7) is 5.10. The van der Waals surface area contributed by atoms with E-state index >= 15 is 0 Å². The molecule has 3 unspecified atom stereocenters. The highest BCUT2D eigenvalue weighted by atomic mass is 35.5. The topological polar surface area (TPSA) is 56.4 Å². The second-order valence-electron chi connectivity index (χ2n) is 7.94. The highest BCUT2D eigenvalue weighted by Gasteiger charge is 2.26. The van der Waals surface area contributed by atoms with Crippen molar-refractivity contribution in [1.29, 1.82) is 0 Å². The normalized spacial score (nSPS) is 24.7. The van der Waals surface area contributed by atoms with Gasteiger partial charge in [-0.2, -0.15) is 0 Å². The lowest BCUT2D eigenvalue weighted by atomic mass is 9.97. The first kappa shape index (κ1) is 20.4. The van der Waals surface area contributed by atoms with Crippen LogP contribution in [0.4, 0.5) is 0 Å². The number of likely N-dealkylation sites (N-methyl/N-ethyl adjacent to an activating group) is 1.